The Hall–Kier alpha value is -3.42. The number of phenols is 2. The topological polar surface area (TPSA) is 145 Å². The van der Waals surface area contributed by atoms with E-state index in [0.717, 1.165) is 38.5 Å². The molecule has 172 valence electrons. The van der Waals surface area contributed by atoms with Crippen molar-refractivity contribution in [3.8, 4) is 23.0 Å². The van der Waals surface area contributed by atoms with Crippen LogP contribution in [0.15, 0.2) is 12.1 Å². The molecule has 0 saturated heterocycles. The summed E-state index contributed by atoms with van der Waals surface area (Å²) in [5.74, 6) is -2.05. The van der Waals surface area contributed by atoms with E-state index < -0.39 is 23.1 Å². The van der Waals surface area contributed by atoms with Gasteiger partial charge in [-0.2, -0.15) is 0 Å². The Morgan fingerprint density at radius 2 is 1.06 bits per heavy atom. The number of hydrogen-bond donors (Lipinski definition) is 4. The Bertz CT molecular complexity index is 968. The second kappa shape index (κ2) is 9.80. The number of rotatable bonds is 10. The number of aromatic hydroxyl groups is 2. The maximum absolute atomic E-state index is 13.4. The molecule has 0 heterocycles. The van der Waals surface area contributed by atoms with Gasteiger partial charge >= 0.3 is 0 Å². The second-order valence-electron chi connectivity index (χ2n) is 7.88. The van der Waals surface area contributed by atoms with Gasteiger partial charge in [0.05, 0.1) is 46.8 Å². The third-order valence-electron chi connectivity index (χ3n) is 5.54. The molecule has 1 aliphatic carbocycles. The molecule has 0 atom stereocenters. The van der Waals surface area contributed by atoms with Gasteiger partial charge in [-0.3, -0.25) is 9.59 Å². The van der Waals surface area contributed by atoms with Gasteiger partial charge in [0.1, 0.15) is 23.0 Å². The van der Waals surface area contributed by atoms with E-state index in [4.69, 9.17) is 20.9 Å². The van der Waals surface area contributed by atoms with Crippen LogP contribution in [0, 0.1) is 0 Å². The first-order valence-electron chi connectivity index (χ1n) is 11.0. The monoisotopic (exact) mass is 442 g/mol. The van der Waals surface area contributed by atoms with Gasteiger partial charge in [0.2, 0.25) is 5.78 Å². The average molecular weight is 443 g/mol. The zero-order valence-corrected chi connectivity index (χ0v) is 18.5. The van der Waals surface area contributed by atoms with Crippen LogP contribution < -0.4 is 20.9 Å². The highest BCUT2D eigenvalue weighted by molar-refractivity contribution is 6.33. The number of nitrogens with two attached hydrogens (primary N) is 2. The van der Waals surface area contributed by atoms with Crippen molar-refractivity contribution in [1.82, 2.24) is 0 Å². The van der Waals surface area contributed by atoms with Gasteiger partial charge in [-0.1, -0.05) is 39.5 Å². The Morgan fingerprint density at radius 1 is 0.688 bits per heavy atom. The normalized spacial score (nSPS) is 12.4. The third-order valence-corrected chi connectivity index (χ3v) is 5.54. The fraction of sp³-hybridized carbons (Fsp3) is 0.417. The number of fused-ring (bicyclic) bond motifs is 2. The lowest BCUT2D eigenvalue weighted by Crippen LogP contribution is -2.25. The van der Waals surface area contributed by atoms with Gasteiger partial charge in [0.25, 0.3) is 0 Å². The molecular weight excluding hydrogens is 412 g/mol. The van der Waals surface area contributed by atoms with E-state index in [1.807, 2.05) is 0 Å². The Morgan fingerprint density at radius 3 is 1.44 bits per heavy atom. The molecule has 6 N–H and O–H groups in total. The van der Waals surface area contributed by atoms with Crippen LogP contribution in [0.4, 0.5) is 11.4 Å². The molecule has 0 aliphatic heterocycles. The molecule has 0 unspecified atom stereocenters. The largest absolute Gasteiger partial charge is 0.507 e. The average Bonchev–Trinajstić information content (AvgIpc) is 2.76. The highest BCUT2D eigenvalue weighted by Gasteiger charge is 2.39. The molecule has 32 heavy (non-hydrogen) atoms. The molecule has 3 rings (SSSR count). The molecule has 2 aromatic rings. The predicted molar refractivity (Wildman–Crippen MR) is 122 cm³/mol. The van der Waals surface area contributed by atoms with Crippen LogP contribution in [0.3, 0.4) is 0 Å². The van der Waals surface area contributed by atoms with Gasteiger partial charge in [-0.15, -0.1) is 0 Å². The van der Waals surface area contributed by atoms with Crippen LogP contribution in [0.2, 0.25) is 0 Å². The Labute approximate surface area is 187 Å². The maximum atomic E-state index is 13.4. The van der Waals surface area contributed by atoms with E-state index >= 15 is 0 Å². The molecule has 8 heteroatoms. The van der Waals surface area contributed by atoms with Gasteiger partial charge in [0.15, 0.2) is 5.78 Å². The zero-order chi connectivity index (χ0) is 23.4. The van der Waals surface area contributed by atoms with Crippen molar-refractivity contribution in [3.05, 3.63) is 34.4 Å². The number of hydrogen-bond acceptors (Lipinski definition) is 8. The predicted octanol–water partition coefficient (Wildman–Crippen LogP) is 4.18. The van der Waals surface area contributed by atoms with Crippen LogP contribution in [0.5, 0.6) is 23.0 Å². The SMILES string of the molecule is CCCCCOc1cc(O)c2c(c1N)C(=O)c1c(N)c(OCCCCC)cc(O)c1C2=O. The van der Waals surface area contributed by atoms with Crippen LogP contribution in [0.1, 0.15) is 84.2 Å². The quantitative estimate of drug-likeness (QED) is 0.208. The van der Waals surface area contributed by atoms with Gasteiger partial charge in [-0.05, 0) is 12.8 Å². The summed E-state index contributed by atoms with van der Waals surface area (Å²) in [7, 11) is 0. The fourth-order valence-electron chi connectivity index (χ4n) is 3.81. The zero-order valence-electron chi connectivity index (χ0n) is 18.5. The van der Waals surface area contributed by atoms with E-state index in [1.54, 1.807) is 0 Å². The summed E-state index contributed by atoms with van der Waals surface area (Å²) in [6, 6.07) is 2.45. The number of nitrogen functional groups attached to an aromatic ring is 2. The molecule has 0 spiro atoms. The summed E-state index contributed by atoms with van der Waals surface area (Å²) in [5.41, 5.74) is 11.4. The smallest absolute Gasteiger partial charge is 0.202 e. The Balaban J connectivity index is 2.04. The van der Waals surface area contributed by atoms with Crippen molar-refractivity contribution in [1.29, 1.82) is 0 Å². The molecule has 0 bridgehead atoms. The van der Waals surface area contributed by atoms with E-state index in [9.17, 15) is 19.8 Å². The molecule has 0 saturated carbocycles. The van der Waals surface area contributed by atoms with E-state index in [-0.39, 0.29) is 45.1 Å². The highest BCUT2D eigenvalue weighted by Crippen LogP contribution is 2.46. The lowest BCUT2D eigenvalue weighted by Gasteiger charge is -2.24. The van der Waals surface area contributed by atoms with E-state index in [1.165, 1.54) is 12.1 Å². The summed E-state index contributed by atoms with van der Waals surface area (Å²) >= 11 is 0. The lowest BCUT2D eigenvalue weighted by molar-refractivity contribution is 0.0974. The van der Waals surface area contributed by atoms with Gasteiger partial charge < -0.3 is 31.2 Å². The van der Waals surface area contributed by atoms with E-state index in [2.05, 4.69) is 13.8 Å². The summed E-state index contributed by atoms with van der Waals surface area (Å²) in [6.07, 6.45) is 5.48. The number of anilines is 2. The van der Waals surface area contributed by atoms with E-state index in [0.29, 0.717) is 13.2 Å². The summed E-state index contributed by atoms with van der Waals surface area (Å²) in [6.45, 7) is 4.83. The standard InChI is InChI=1S/C24H30N2O6/c1-3-5-7-9-31-15-11-13(27)17-19(21(15)25)24(30)20-18(23(17)29)14(28)12-16(22(20)26)32-10-8-6-4-2/h11-12,27-28H,3-10,25-26H2,1-2H3. The molecule has 2 aromatic carbocycles. The number of carbonyl (C=O) groups excluding carboxylic acids is 2. The molecule has 0 aromatic heterocycles. The van der Waals surface area contributed by atoms with Crippen molar-refractivity contribution in [2.45, 2.75) is 52.4 Å². The summed E-state index contributed by atoms with van der Waals surface area (Å²) in [4.78, 5) is 26.6. The number of ketones is 2. The van der Waals surface area contributed by atoms with Crippen LogP contribution in [-0.2, 0) is 0 Å². The molecule has 8 nitrogen and oxygen atoms in total. The van der Waals surface area contributed by atoms with Crippen LogP contribution in [0.25, 0.3) is 0 Å². The third kappa shape index (κ3) is 4.17. The highest BCUT2D eigenvalue weighted by atomic mass is 16.5. The number of phenolic OH excluding ortho intramolecular Hbond substituents is 2. The number of benzene rings is 2. The van der Waals surface area contributed by atoms with Crippen molar-refractivity contribution in [2.75, 3.05) is 24.7 Å². The fourth-order valence-corrected chi connectivity index (χ4v) is 3.81. The molecular formula is C24H30N2O6. The maximum Gasteiger partial charge on any atom is 0.202 e. The van der Waals surface area contributed by atoms with Crippen LogP contribution >= 0.6 is 0 Å². The first-order valence-corrected chi connectivity index (χ1v) is 11.0. The number of unbranched alkanes of at least 4 members (excludes halogenated alkanes) is 4. The lowest BCUT2D eigenvalue weighted by atomic mass is 9.81. The summed E-state index contributed by atoms with van der Waals surface area (Å²) < 4.78 is 11.3. The number of carbonyl (C=O) groups is 2. The van der Waals surface area contributed by atoms with Crippen molar-refractivity contribution in [2.24, 2.45) is 0 Å². The Kier molecular flexibility index (Phi) is 7.12. The van der Waals surface area contributed by atoms with Crippen molar-refractivity contribution in [3.63, 3.8) is 0 Å². The summed E-state index contributed by atoms with van der Waals surface area (Å²) in [5, 5.41) is 21.0. The second-order valence-corrected chi connectivity index (χ2v) is 7.88. The minimum Gasteiger partial charge on any atom is -0.507 e. The minimum atomic E-state index is -0.738. The van der Waals surface area contributed by atoms with Crippen LogP contribution in [-0.4, -0.2) is 35.0 Å². The first kappa shape index (κ1) is 23.2. The van der Waals surface area contributed by atoms with Crippen molar-refractivity contribution < 1.29 is 29.3 Å². The van der Waals surface area contributed by atoms with Gasteiger partial charge in [0, 0.05) is 12.1 Å². The number of ether oxygens (including phenoxy) is 2. The first-order chi connectivity index (χ1) is 15.3. The van der Waals surface area contributed by atoms with Crippen molar-refractivity contribution >= 4 is 22.9 Å². The van der Waals surface area contributed by atoms with Gasteiger partial charge in [-0.25, -0.2) is 0 Å². The molecule has 0 fully saturated rings. The molecule has 1 aliphatic rings. The molecule has 0 radical (unpaired) electrons. The molecule has 0 amide bonds. The minimum absolute atomic E-state index is 0.0496.